The Morgan fingerprint density at radius 2 is 1.88 bits per heavy atom. The standard InChI is InChI=1S/C23H22ClN7O/c1-15-21(29-31(28-15)17-8-4-2-5-9-17)23(32)25-16-11-12-19(24)18(14-16)22-27-26-20-10-6-3-7-13-30(20)22/h2,4-5,8-9,11-12,14H,3,6-7,10,13H2,1H3,(H,25,32). The van der Waals surface area contributed by atoms with Crippen LogP contribution >= 0.6 is 11.6 Å². The Bertz CT molecular complexity index is 1280. The molecule has 1 N–H and O–H groups in total. The molecule has 0 saturated carbocycles. The molecule has 0 radical (unpaired) electrons. The molecule has 0 unspecified atom stereocenters. The number of aromatic nitrogens is 6. The van der Waals surface area contributed by atoms with E-state index in [-0.39, 0.29) is 11.6 Å². The lowest BCUT2D eigenvalue weighted by molar-refractivity contribution is 0.102. The molecule has 0 spiro atoms. The van der Waals surface area contributed by atoms with Crippen LogP contribution in [0.4, 0.5) is 5.69 Å². The number of halogens is 1. The Morgan fingerprint density at radius 3 is 2.72 bits per heavy atom. The molecule has 0 aliphatic carbocycles. The maximum Gasteiger partial charge on any atom is 0.278 e. The van der Waals surface area contributed by atoms with Gasteiger partial charge in [0.1, 0.15) is 5.82 Å². The average molecular weight is 448 g/mol. The monoisotopic (exact) mass is 447 g/mol. The van der Waals surface area contributed by atoms with E-state index in [1.807, 2.05) is 36.4 Å². The zero-order chi connectivity index (χ0) is 22.1. The highest BCUT2D eigenvalue weighted by Gasteiger charge is 2.20. The SMILES string of the molecule is Cc1nn(-c2ccccc2)nc1C(=O)Nc1ccc(Cl)c(-c2nnc3n2CCCCC3)c1. The maximum absolute atomic E-state index is 12.9. The number of carbonyl (C=O) groups excluding carboxylic acids is 1. The number of anilines is 1. The van der Waals surface area contributed by atoms with Crippen LogP contribution in [0.15, 0.2) is 48.5 Å². The summed E-state index contributed by atoms with van der Waals surface area (Å²) in [6.07, 6.45) is 4.29. The van der Waals surface area contributed by atoms with Crippen LogP contribution < -0.4 is 5.32 Å². The van der Waals surface area contributed by atoms with Crippen LogP contribution in [0, 0.1) is 6.92 Å². The summed E-state index contributed by atoms with van der Waals surface area (Å²) in [6, 6.07) is 14.8. The third-order valence-electron chi connectivity index (χ3n) is 5.56. The average Bonchev–Trinajstić information content (AvgIpc) is 3.31. The highest BCUT2D eigenvalue weighted by atomic mass is 35.5. The first kappa shape index (κ1) is 20.4. The highest BCUT2D eigenvalue weighted by molar-refractivity contribution is 6.33. The molecule has 162 valence electrons. The molecule has 1 aliphatic heterocycles. The molecule has 1 aliphatic rings. The van der Waals surface area contributed by atoms with Gasteiger partial charge in [0.25, 0.3) is 5.91 Å². The van der Waals surface area contributed by atoms with Crippen molar-refractivity contribution in [3.63, 3.8) is 0 Å². The van der Waals surface area contributed by atoms with Gasteiger partial charge in [0, 0.05) is 24.2 Å². The topological polar surface area (TPSA) is 90.5 Å². The summed E-state index contributed by atoms with van der Waals surface area (Å²) in [5, 5.41) is 21.0. The van der Waals surface area contributed by atoms with Crippen LogP contribution in [0.2, 0.25) is 5.02 Å². The van der Waals surface area contributed by atoms with Crippen LogP contribution in [-0.4, -0.2) is 35.7 Å². The predicted octanol–water partition coefficient (Wildman–Crippen LogP) is 4.47. The van der Waals surface area contributed by atoms with E-state index >= 15 is 0 Å². The summed E-state index contributed by atoms with van der Waals surface area (Å²) < 4.78 is 2.13. The molecule has 4 aromatic rings. The molecule has 9 heteroatoms. The molecule has 1 amide bonds. The van der Waals surface area contributed by atoms with Crippen molar-refractivity contribution in [1.82, 2.24) is 29.8 Å². The van der Waals surface area contributed by atoms with Crippen molar-refractivity contribution in [2.75, 3.05) is 5.32 Å². The van der Waals surface area contributed by atoms with E-state index in [0.717, 1.165) is 48.7 Å². The Morgan fingerprint density at radius 1 is 1.03 bits per heavy atom. The van der Waals surface area contributed by atoms with Crippen LogP contribution in [0.1, 0.15) is 41.3 Å². The number of fused-ring (bicyclic) bond motifs is 1. The van der Waals surface area contributed by atoms with Gasteiger partial charge in [-0.3, -0.25) is 4.79 Å². The fraction of sp³-hybridized carbons (Fsp3) is 0.261. The van der Waals surface area contributed by atoms with Crippen LogP contribution in [-0.2, 0) is 13.0 Å². The normalized spacial score (nSPS) is 13.4. The summed E-state index contributed by atoms with van der Waals surface area (Å²) in [4.78, 5) is 14.4. The Kier molecular flexibility index (Phi) is 5.45. The van der Waals surface area contributed by atoms with Crippen LogP contribution in [0.3, 0.4) is 0 Å². The van der Waals surface area contributed by atoms with Crippen LogP contribution in [0.5, 0.6) is 0 Å². The van der Waals surface area contributed by atoms with Gasteiger partial charge in [0.2, 0.25) is 0 Å². The largest absolute Gasteiger partial charge is 0.321 e. The number of hydrogen-bond donors (Lipinski definition) is 1. The van der Waals surface area contributed by atoms with Gasteiger partial charge in [0.15, 0.2) is 11.5 Å². The second-order valence-electron chi connectivity index (χ2n) is 7.81. The minimum atomic E-state index is -0.335. The van der Waals surface area contributed by atoms with Gasteiger partial charge in [-0.05, 0) is 50.1 Å². The molecule has 0 saturated heterocycles. The van der Waals surface area contributed by atoms with Crippen molar-refractivity contribution >= 4 is 23.2 Å². The zero-order valence-corrected chi connectivity index (χ0v) is 18.4. The molecule has 0 atom stereocenters. The van der Waals surface area contributed by atoms with E-state index in [0.29, 0.717) is 16.4 Å². The minimum Gasteiger partial charge on any atom is -0.321 e. The zero-order valence-electron chi connectivity index (χ0n) is 17.6. The molecule has 8 nitrogen and oxygen atoms in total. The van der Waals surface area contributed by atoms with Crippen molar-refractivity contribution in [2.45, 2.75) is 39.2 Å². The first-order valence-electron chi connectivity index (χ1n) is 10.6. The van der Waals surface area contributed by atoms with Crippen molar-refractivity contribution in [2.24, 2.45) is 0 Å². The number of carbonyl (C=O) groups is 1. The van der Waals surface area contributed by atoms with Gasteiger partial charge in [-0.25, -0.2) is 0 Å². The molecule has 2 aromatic heterocycles. The fourth-order valence-electron chi connectivity index (χ4n) is 3.91. The van der Waals surface area contributed by atoms with Gasteiger partial charge < -0.3 is 9.88 Å². The molecule has 0 bridgehead atoms. The molecule has 5 rings (SSSR count). The number of para-hydroxylation sites is 1. The van der Waals surface area contributed by atoms with E-state index < -0.39 is 0 Å². The number of rotatable bonds is 4. The quantitative estimate of drug-likeness (QED) is 0.498. The molecule has 2 aromatic carbocycles. The number of nitrogens with zero attached hydrogens (tertiary/aromatic N) is 6. The summed E-state index contributed by atoms with van der Waals surface area (Å²) >= 11 is 6.50. The lowest BCUT2D eigenvalue weighted by atomic mass is 10.1. The Hall–Kier alpha value is -3.52. The van der Waals surface area contributed by atoms with Gasteiger partial charge in [-0.1, -0.05) is 36.2 Å². The minimum absolute atomic E-state index is 0.265. The number of benzene rings is 2. The van der Waals surface area contributed by atoms with E-state index in [9.17, 15) is 4.79 Å². The van der Waals surface area contributed by atoms with E-state index in [1.165, 1.54) is 11.2 Å². The Labute approximate surface area is 190 Å². The van der Waals surface area contributed by atoms with Crippen molar-refractivity contribution < 1.29 is 4.79 Å². The fourth-order valence-corrected chi connectivity index (χ4v) is 4.12. The summed E-state index contributed by atoms with van der Waals surface area (Å²) in [5.74, 6) is 1.38. The Balaban J connectivity index is 1.42. The van der Waals surface area contributed by atoms with E-state index in [1.54, 1.807) is 19.1 Å². The molecule has 32 heavy (non-hydrogen) atoms. The van der Waals surface area contributed by atoms with Crippen molar-refractivity contribution in [3.05, 3.63) is 70.8 Å². The van der Waals surface area contributed by atoms with E-state index in [4.69, 9.17) is 11.6 Å². The number of nitrogens with one attached hydrogen (secondary N) is 1. The summed E-state index contributed by atoms with van der Waals surface area (Å²) in [6.45, 7) is 2.63. The predicted molar refractivity (Wildman–Crippen MR) is 122 cm³/mol. The highest BCUT2D eigenvalue weighted by Crippen LogP contribution is 2.31. The van der Waals surface area contributed by atoms with Crippen molar-refractivity contribution in [1.29, 1.82) is 0 Å². The lowest BCUT2D eigenvalue weighted by Crippen LogP contribution is -2.14. The number of hydrogen-bond acceptors (Lipinski definition) is 5. The molecule has 0 fully saturated rings. The summed E-state index contributed by atoms with van der Waals surface area (Å²) in [5.41, 5.74) is 2.95. The second kappa shape index (κ2) is 8.55. The lowest BCUT2D eigenvalue weighted by Gasteiger charge is -2.11. The van der Waals surface area contributed by atoms with Crippen molar-refractivity contribution in [3.8, 4) is 17.1 Å². The molecular formula is C23H22ClN7O. The first-order valence-corrected chi connectivity index (χ1v) is 11.0. The molecule has 3 heterocycles. The van der Waals surface area contributed by atoms with Gasteiger partial charge in [-0.15, -0.1) is 15.3 Å². The first-order chi connectivity index (χ1) is 15.6. The van der Waals surface area contributed by atoms with Gasteiger partial charge >= 0.3 is 0 Å². The van der Waals surface area contributed by atoms with Gasteiger partial charge in [-0.2, -0.15) is 9.90 Å². The van der Waals surface area contributed by atoms with Crippen LogP contribution in [0.25, 0.3) is 17.1 Å². The number of aryl methyl sites for hydroxylation is 2. The smallest absolute Gasteiger partial charge is 0.278 e. The molecular weight excluding hydrogens is 426 g/mol. The number of amides is 1. The summed E-state index contributed by atoms with van der Waals surface area (Å²) in [7, 11) is 0. The third kappa shape index (κ3) is 3.89. The van der Waals surface area contributed by atoms with E-state index in [2.05, 4.69) is 30.3 Å². The maximum atomic E-state index is 12.9. The third-order valence-corrected chi connectivity index (χ3v) is 5.89. The second-order valence-corrected chi connectivity index (χ2v) is 8.22. The van der Waals surface area contributed by atoms with Gasteiger partial charge in [0.05, 0.1) is 16.4 Å².